The van der Waals surface area contributed by atoms with E-state index in [1.54, 1.807) is 34.8 Å². The zero-order chi connectivity index (χ0) is 35.4. The normalized spacial score (nSPS) is 13.1. The van der Waals surface area contributed by atoms with Crippen LogP contribution in [-0.2, 0) is 52.5 Å². The summed E-state index contributed by atoms with van der Waals surface area (Å²) in [4.78, 5) is 71.7. The number of imide groups is 1. The molecule has 0 aliphatic carbocycles. The Morgan fingerprint density at radius 1 is 0.870 bits per heavy atom. The van der Waals surface area contributed by atoms with Gasteiger partial charge in [0.25, 0.3) is 11.8 Å². The molecule has 0 spiro atoms. The number of hydrogen-bond donors (Lipinski definition) is 3. The third-order valence-corrected chi connectivity index (χ3v) is 5.37. The van der Waals surface area contributed by atoms with E-state index in [0.29, 0.717) is 70.7 Å². The van der Waals surface area contributed by atoms with Gasteiger partial charge in [0.05, 0.1) is 46.2 Å². The zero-order valence-electron chi connectivity index (χ0n) is 28.5. The second-order valence-electron chi connectivity index (χ2n) is 10.4. The van der Waals surface area contributed by atoms with Crippen molar-refractivity contribution < 1.29 is 62.4 Å². The number of amides is 4. The van der Waals surface area contributed by atoms with E-state index in [4.69, 9.17) is 23.7 Å². The van der Waals surface area contributed by atoms with Gasteiger partial charge < -0.3 is 44.3 Å². The molecule has 1 aliphatic heterocycles. The van der Waals surface area contributed by atoms with Crippen LogP contribution >= 0.6 is 0 Å². The fourth-order valence-corrected chi connectivity index (χ4v) is 3.17. The number of carboxylic acids is 1. The number of aliphatic carboxylic acids is 1. The van der Waals surface area contributed by atoms with Gasteiger partial charge >= 0.3 is 18.0 Å². The Labute approximate surface area is 272 Å². The molecule has 0 unspecified atom stereocenters. The molecule has 1 saturated heterocycles. The minimum absolute atomic E-state index is 0.135. The van der Waals surface area contributed by atoms with E-state index in [0.717, 1.165) is 0 Å². The maximum Gasteiger partial charge on any atom is 0.408 e. The lowest BCUT2D eigenvalue weighted by molar-refractivity contribution is -0.197. The summed E-state index contributed by atoms with van der Waals surface area (Å²) in [5.74, 6) is -2.72. The predicted octanol–water partition coefficient (Wildman–Crippen LogP) is 2.37. The fourth-order valence-electron chi connectivity index (χ4n) is 3.17. The van der Waals surface area contributed by atoms with Crippen molar-refractivity contribution >= 4 is 35.8 Å². The molecule has 0 bridgehead atoms. The number of nitrogens with zero attached hydrogens (tertiary/aromatic N) is 1. The van der Waals surface area contributed by atoms with Crippen molar-refractivity contribution in [1.29, 1.82) is 0 Å². The number of carbonyl (C=O) groups excluding carboxylic acids is 5. The van der Waals surface area contributed by atoms with Gasteiger partial charge in [-0.25, -0.2) is 14.4 Å². The maximum atomic E-state index is 11.8. The molecule has 16 nitrogen and oxygen atoms in total. The smallest absolute Gasteiger partial charge is 0.408 e. The summed E-state index contributed by atoms with van der Waals surface area (Å²) in [6.07, 6.45) is 1.24. The SMILES string of the molecule is CC.CCC(=O)ON1C(=O)CCC1=O.COCCOCCOCCOCCC(=O)NCCCC[C@H](NC(=O)OC(C)(C)C)C(=O)O. The molecular formula is C30H55N3O13. The molecule has 0 aromatic carbocycles. The monoisotopic (exact) mass is 665 g/mol. The van der Waals surface area contributed by atoms with Gasteiger partial charge in [-0.2, -0.15) is 0 Å². The molecular weight excluding hydrogens is 610 g/mol. The Balaban J connectivity index is 0. The average molecular weight is 666 g/mol. The molecule has 3 N–H and O–H groups in total. The van der Waals surface area contributed by atoms with Crippen LogP contribution in [0.3, 0.4) is 0 Å². The molecule has 46 heavy (non-hydrogen) atoms. The Hall–Kier alpha value is -3.34. The van der Waals surface area contributed by atoms with Crippen molar-refractivity contribution in [3.05, 3.63) is 0 Å². The standard InChI is InChI=1S/C21H40N2O9.C7H9NO4.C2H6/c1-21(2,3)32-20(27)23-17(19(25)26)7-5-6-9-22-18(24)8-10-29-13-14-31-16-15-30-12-11-28-4;1-2-7(11)12-8-5(9)3-4-6(8)10;1-2/h17H,5-16H2,1-4H3,(H,22,24)(H,23,27)(H,25,26);2-4H2,1H3;1-2H3/t17-;;/m0../s1. The Kier molecular flexibility index (Phi) is 27.2. The van der Waals surface area contributed by atoms with Crippen LogP contribution in [0.15, 0.2) is 0 Å². The second-order valence-corrected chi connectivity index (χ2v) is 10.4. The van der Waals surface area contributed by atoms with Gasteiger partial charge in [0.2, 0.25) is 5.91 Å². The third-order valence-electron chi connectivity index (χ3n) is 5.37. The molecule has 1 rings (SSSR count). The second kappa shape index (κ2) is 27.9. The van der Waals surface area contributed by atoms with Crippen LogP contribution in [0.2, 0.25) is 0 Å². The van der Waals surface area contributed by atoms with Crippen molar-refractivity contribution in [1.82, 2.24) is 15.7 Å². The lowest BCUT2D eigenvalue weighted by atomic mass is 10.1. The highest BCUT2D eigenvalue weighted by atomic mass is 16.7. The van der Waals surface area contributed by atoms with Crippen LogP contribution in [0, 0.1) is 0 Å². The van der Waals surface area contributed by atoms with Crippen LogP contribution in [0.25, 0.3) is 0 Å². The minimum Gasteiger partial charge on any atom is -0.480 e. The molecule has 1 aliphatic rings. The van der Waals surface area contributed by atoms with Crippen molar-refractivity contribution in [2.45, 2.75) is 98.1 Å². The van der Waals surface area contributed by atoms with E-state index >= 15 is 0 Å². The number of unbranched alkanes of at least 4 members (excludes halogenated alkanes) is 1. The van der Waals surface area contributed by atoms with Crippen molar-refractivity contribution in [3.8, 4) is 0 Å². The molecule has 4 amide bonds. The number of rotatable bonds is 21. The molecule has 0 radical (unpaired) electrons. The Bertz CT molecular complexity index is 878. The summed E-state index contributed by atoms with van der Waals surface area (Å²) in [5, 5.41) is 14.9. The van der Waals surface area contributed by atoms with Crippen LogP contribution in [-0.4, -0.2) is 117 Å². The van der Waals surface area contributed by atoms with Gasteiger partial charge in [-0.05, 0) is 40.0 Å². The molecule has 268 valence electrons. The van der Waals surface area contributed by atoms with E-state index in [-0.39, 0.29) is 38.0 Å². The van der Waals surface area contributed by atoms with Crippen LogP contribution in [0.1, 0.15) is 86.5 Å². The van der Waals surface area contributed by atoms with Gasteiger partial charge in [-0.3, -0.25) is 14.4 Å². The highest BCUT2D eigenvalue weighted by Crippen LogP contribution is 2.12. The molecule has 16 heteroatoms. The number of alkyl carbamates (subject to hydrolysis) is 1. The zero-order valence-corrected chi connectivity index (χ0v) is 28.5. The van der Waals surface area contributed by atoms with Crippen LogP contribution in [0.5, 0.6) is 0 Å². The highest BCUT2D eigenvalue weighted by molar-refractivity contribution is 6.01. The minimum atomic E-state index is -1.13. The Morgan fingerprint density at radius 2 is 1.39 bits per heavy atom. The molecule has 0 aromatic heterocycles. The number of hydroxylamine groups is 2. The first-order valence-corrected chi connectivity index (χ1v) is 15.6. The first-order valence-electron chi connectivity index (χ1n) is 15.6. The van der Waals surface area contributed by atoms with Crippen molar-refractivity contribution in [2.24, 2.45) is 0 Å². The van der Waals surface area contributed by atoms with Crippen LogP contribution < -0.4 is 10.6 Å². The topological polar surface area (TPSA) is 205 Å². The average Bonchev–Trinajstić information content (AvgIpc) is 3.31. The summed E-state index contributed by atoms with van der Waals surface area (Å²) in [6, 6.07) is -1.03. The molecule has 1 heterocycles. The molecule has 1 fully saturated rings. The largest absolute Gasteiger partial charge is 0.480 e. The first-order chi connectivity index (χ1) is 21.8. The molecule has 1 atom stereocenters. The molecule has 0 saturated carbocycles. The van der Waals surface area contributed by atoms with E-state index in [1.165, 1.54) is 0 Å². The van der Waals surface area contributed by atoms with Gasteiger partial charge in [0.1, 0.15) is 11.6 Å². The van der Waals surface area contributed by atoms with Gasteiger partial charge in [-0.1, -0.05) is 20.8 Å². The quantitative estimate of drug-likeness (QED) is 0.119. The van der Waals surface area contributed by atoms with Crippen LogP contribution in [0.4, 0.5) is 4.79 Å². The fraction of sp³-hybridized carbons (Fsp3) is 0.800. The van der Waals surface area contributed by atoms with Crippen molar-refractivity contribution in [2.75, 3.05) is 59.9 Å². The molecule has 0 aromatic rings. The van der Waals surface area contributed by atoms with E-state index in [1.807, 2.05) is 13.8 Å². The summed E-state index contributed by atoms with van der Waals surface area (Å²) >= 11 is 0. The Morgan fingerprint density at radius 3 is 1.87 bits per heavy atom. The summed E-state index contributed by atoms with van der Waals surface area (Å²) in [7, 11) is 1.61. The third kappa shape index (κ3) is 25.9. The number of hydrogen-bond acceptors (Lipinski definition) is 12. The number of nitrogens with one attached hydrogen (secondary N) is 2. The number of carboxylic acid groups (broad SMARTS) is 1. The van der Waals surface area contributed by atoms with Crippen molar-refractivity contribution in [3.63, 3.8) is 0 Å². The number of methoxy groups -OCH3 is 1. The maximum absolute atomic E-state index is 11.8. The van der Waals surface area contributed by atoms with Gasteiger partial charge in [0.15, 0.2) is 0 Å². The summed E-state index contributed by atoms with van der Waals surface area (Å²) in [5.41, 5.74) is -0.701. The summed E-state index contributed by atoms with van der Waals surface area (Å²) in [6.45, 7) is 14.3. The summed E-state index contributed by atoms with van der Waals surface area (Å²) < 4.78 is 25.8. The number of ether oxygens (including phenoxy) is 5. The van der Waals surface area contributed by atoms with E-state index < -0.39 is 41.5 Å². The van der Waals surface area contributed by atoms with E-state index in [9.17, 15) is 33.9 Å². The highest BCUT2D eigenvalue weighted by Gasteiger charge is 2.32. The predicted molar refractivity (Wildman–Crippen MR) is 165 cm³/mol. The lowest BCUT2D eigenvalue weighted by Gasteiger charge is -2.22. The lowest BCUT2D eigenvalue weighted by Crippen LogP contribution is -2.43. The first kappa shape index (κ1) is 44.8. The number of carbonyl (C=O) groups is 6. The van der Waals surface area contributed by atoms with Gasteiger partial charge in [-0.15, -0.1) is 5.06 Å². The van der Waals surface area contributed by atoms with E-state index in [2.05, 4.69) is 15.5 Å². The van der Waals surface area contributed by atoms with Gasteiger partial charge in [0, 0.05) is 39.3 Å².